The molecule has 0 aliphatic heterocycles. The van der Waals surface area contributed by atoms with Crippen molar-refractivity contribution in [3.8, 4) is 17.1 Å². The van der Waals surface area contributed by atoms with Crippen molar-refractivity contribution in [3.05, 3.63) is 89.2 Å². The van der Waals surface area contributed by atoms with Crippen LogP contribution in [-0.2, 0) is 7.05 Å². The fourth-order valence-electron chi connectivity index (χ4n) is 5.82. The van der Waals surface area contributed by atoms with Crippen LogP contribution in [0, 0.1) is 13.8 Å². The van der Waals surface area contributed by atoms with Gasteiger partial charge in [0, 0.05) is 34.3 Å². The molecular weight excluding hydrogens is 454 g/mol. The van der Waals surface area contributed by atoms with Crippen LogP contribution in [0.3, 0.4) is 0 Å². The number of imidazole rings is 1. The molecule has 4 heteroatoms. The van der Waals surface area contributed by atoms with Gasteiger partial charge in [-0.3, -0.25) is 4.98 Å². The number of rotatable bonds is 4. The smallest absolute Gasteiger partial charge is 0.296 e. The molecule has 0 aliphatic rings. The Morgan fingerprint density at radius 2 is 1.68 bits per heavy atom. The van der Waals surface area contributed by atoms with Crippen molar-refractivity contribution in [2.75, 3.05) is 0 Å². The molecule has 37 heavy (non-hydrogen) atoms. The number of hydrogen-bond acceptors (Lipinski definition) is 2. The van der Waals surface area contributed by atoms with Crippen molar-refractivity contribution in [2.24, 2.45) is 7.05 Å². The molecule has 0 fully saturated rings. The molecule has 0 unspecified atom stereocenters. The van der Waals surface area contributed by atoms with Crippen LogP contribution in [0.15, 0.2) is 71.4 Å². The van der Waals surface area contributed by atoms with E-state index in [-0.39, 0.29) is 5.92 Å². The fourth-order valence-corrected chi connectivity index (χ4v) is 5.82. The minimum absolute atomic E-state index is 0.257. The fraction of sp³-hybridized carbons (Fsp3) is 0.273. The molecule has 4 nitrogen and oxygen atoms in total. The zero-order chi connectivity index (χ0) is 26.0. The van der Waals surface area contributed by atoms with E-state index in [2.05, 4.69) is 117 Å². The van der Waals surface area contributed by atoms with Crippen molar-refractivity contribution >= 4 is 33.0 Å². The van der Waals surface area contributed by atoms with Gasteiger partial charge in [-0.2, -0.15) is 4.57 Å². The highest BCUT2D eigenvalue weighted by Crippen LogP contribution is 2.41. The summed E-state index contributed by atoms with van der Waals surface area (Å²) in [5.74, 6) is 1.71. The van der Waals surface area contributed by atoms with Crippen LogP contribution in [0.1, 0.15) is 61.8 Å². The summed E-state index contributed by atoms with van der Waals surface area (Å²) in [4.78, 5) is 4.53. The topological polar surface area (TPSA) is 34.8 Å². The van der Waals surface area contributed by atoms with Gasteiger partial charge in [0.05, 0.1) is 12.6 Å². The molecule has 0 radical (unpaired) electrons. The molecule has 0 saturated carbocycles. The third-order valence-corrected chi connectivity index (χ3v) is 7.67. The first-order valence-electron chi connectivity index (χ1n) is 13.2. The van der Waals surface area contributed by atoms with Crippen LogP contribution in [-0.4, -0.2) is 9.55 Å². The lowest BCUT2D eigenvalue weighted by molar-refractivity contribution is -0.557. The van der Waals surface area contributed by atoms with Crippen LogP contribution in [0.5, 0.6) is 0 Å². The molecule has 0 bridgehead atoms. The highest BCUT2D eigenvalue weighted by Gasteiger charge is 2.33. The predicted octanol–water partition coefficient (Wildman–Crippen LogP) is 8.28. The average molecular weight is 489 g/mol. The molecule has 0 N–H and O–H groups in total. The molecule has 3 aromatic heterocycles. The number of nitrogens with zero attached hydrogens (tertiary/aromatic N) is 3. The van der Waals surface area contributed by atoms with E-state index in [9.17, 15) is 0 Å². The van der Waals surface area contributed by atoms with Gasteiger partial charge in [-0.05, 0) is 67.1 Å². The summed E-state index contributed by atoms with van der Waals surface area (Å²) in [5.41, 5.74) is 11.7. The van der Waals surface area contributed by atoms with Gasteiger partial charge in [-0.25, -0.2) is 4.57 Å². The van der Waals surface area contributed by atoms with Gasteiger partial charge < -0.3 is 4.42 Å². The Morgan fingerprint density at radius 1 is 0.892 bits per heavy atom. The summed E-state index contributed by atoms with van der Waals surface area (Å²) in [5, 5.41) is 2.37. The Balaban J connectivity index is 1.87. The molecule has 6 aromatic rings. The second kappa shape index (κ2) is 8.58. The lowest BCUT2D eigenvalue weighted by Gasteiger charge is -2.19. The standard InChI is InChI=1S/C33H34N3O/c1-19(2)24-17-25-23-10-8-9-11-29(23)37-32(25)30(20(3)4)31(24)36-27-13-12-21(5)16-28(27)35(7)33(36)26-18-34-15-14-22(26)6/h8-20H,1-7H3/q+1. The summed E-state index contributed by atoms with van der Waals surface area (Å²) in [6, 6.07) is 19.6. The maximum absolute atomic E-state index is 6.62. The monoisotopic (exact) mass is 488 g/mol. The third-order valence-electron chi connectivity index (χ3n) is 7.67. The molecule has 0 aliphatic carbocycles. The maximum Gasteiger partial charge on any atom is 0.296 e. The lowest BCUT2D eigenvalue weighted by Crippen LogP contribution is -2.36. The van der Waals surface area contributed by atoms with E-state index < -0.39 is 0 Å². The lowest BCUT2D eigenvalue weighted by atomic mass is 9.89. The SMILES string of the molecule is Cc1ccc2c(c1)n(C)c(-c1cnccc1C)[n+]2-c1c(C(C)C)cc2c(oc3ccccc32)c1C(C)C. The third kappa shape index (κ3) is 3.50. The van der Waals surface area contributed by atoms with Crippen molar-refractivity contribution in [1.29, 1.82) is 0 Å². The van der Waals surface area contributed by atoms with Gasteiger partial charge in [-0.15, -0.1) is 0 Å². The Hall–Kier alpha value is -3.92. The maximum atomic E-state index is 6.62. The first-order valence-corrected chi connectivity index (χ1v) is 13.2. The molecular formula is C33H34N3O+. The van der Waals surface area contributed by atoms with Crippen LogP contribution < -0.4 is 4.57 Å². The van der Waals surface area contributed by atoms with Crippen molar-refractivity contribution < 1.29 is 8.98 Å². The van der Waals surface area contributed by atoms with Crippen molar-refractivity contribution in [3.63, 3.8) is 0 Å². The minimum Gasteiger partial charge on any atom is -0.456 e. The van der Waals surface area contributed by atoms with E-state index >= 15 is 0 Å². The Kier molecular flexibility index (Phi) is 5.45. The summed E-state index contributed by atoms with van der Waals surface area (Å²) in [7, 11) is 2.17. The second-order valence-corrected chi connectivity index (χ2v) is 10.9. The van der Waals surface area contributed by atoms with Crippen molar-refractivity contribution in [2.45, 2.75) is 53.4 Å². The number of aryl methyl sites for hydroxylation is 3. The molecule has 0 saturated heterocycles. The van der Waals surface area contributed by atoms with Gasteiger partial charge in [0.1, 0.15) is 16.9 Å². The van der Waals surface area contributed by atoms with E-state index in [1.807, 2.05) is 12.4 Å². The normalized spacial score (nSPS) is 12.1. The molecule has 0 amide bonds. The molecule has 186 valence electrons. The Morgan fingerprint density at radius 3 is 2.41 bits per heavy atom. The number of fused-ring (bicyclic) bond motifs is 4. The number of aromatic nitrogens is 3. The van der Waals surface area contributed by atoms with Crippen LogP contribution in [0.25, 0.3) is 50.0 Å². The number of furan rings is 1. The van der Waals surface area contributed by atoms with Gasteiger partial charge in [-0.1, -0.05) is 52.0 Å². The van der Waals surface area contributed by atoms with E-state index in [1.165, 1.54) is 49.7 Å². The molecule has 0 spiro atoms. The van der Waals surface area contributed by atoms with Gasteiger partial charge in [0.2, 0.25) is 0 Å². The second-order valence-electron chi connectivity index (χ2n) is 10.9. The minimum atomic E-state index is 0.257. The van der Waals surface area contributed by atoms with E-state index in [0.29, 0.717) is 5.92 Å². The highest BCUT2D eigenvalue weighted by molar-refractivity contribution is 6.07. The summed E-state index contributed by atoms with van der Waals surface area (Å²) in [6.07, 6.45) is 3.87. The largest absolute Gasteiger partial charge is 0.456 e. The van der Waals surface area contributed by atoms with E-state index in [0.717, 1.165) is 22.6 Å². The molecule has 0 atom stereocenters. The predicted molar refractivity (Wildman–Crippen MR) is 153 cm³/mol. The van der Waals surface area contributed by atoms with E-state index in [4.69, 9.17) is 4.42 Å². The van der Waals surface area contributed by atoms with E-state index in [1.54, 1.807) is 0 Å². The summed E-state index contributed by atoms with van der Waals surface area (Å²) in [6.45, 7) is 13.5. The number of para-hydroxylation sites is 1. The van der Waals surface area contributed by atoms with Crippen LogP contribution in [0.2, 0.25) is 0 Å². The highest BCUT2D eigenvalue weighted by atomic mass is 16.3. The average Bonchev–Trinajstić information content (AvgIpc) is 3.37. The Bertz CT molecular complexity index is 1820. The zero-order valence-electron chi connectivity index (χ0n) is 22.8. The number of pyridine rings is 1. The number of hydrogen-bond donors (Lipinski definition) is 0. The van der Waals surface area contributed by atoms with Gasteiger partial charge >= 0.3 is 0 Å². The number of benzene rings is 3. The quantitative estimate of drug-likeness (QED) is 0.234. The molecule has 6 rings (SSSR count). The first-order chi connectivity index (χ1) is 17.8. The van der Waals surface area contributed by atoms with Gasteiger partial charge in [0.25, 0.3) is 5.82 Å². The van der Waals surface area contributed by atoms with Crippen molar-refractivity contribution in [1.82, 2.24) is 9.55 Å². The molecule has 3 heterocycles. The Labute approximate surface area is 218 Å². The van der Waals surface area contributed by atoms with Crippen LogP contribution in [0.4, 0.5) is 0 Å². The first kappa shape index (κ1) is 23.5. The zero-order valence-corrected chi connectivity index (χ0v) is 22.8. The van der Waals surface area contributed by atoms with Crippen LogP contribution >= 0.6 is 0 Å². The molecule has 3 aromatic carbocycles. The summed E-state index contributed by atoms with van der Waals surface area (Å²) >= 11 is 0. The van der Waals surface area contributed by atoms with Gasteiger partial charge in [0.15, 0.2) is 11.0 Å². The summed E-state index contributed by atoms with van der Waals surface area (Å²) < 4.78 is 11.4.